The number of fused-ring (bicyclic) bond motifs is 3. The highest BCUT2D eigenvalue weighted by atomic mass is 19.1. The Morgan fingerprint density at radius 3 is 2.68 bits per heavy atom. The van der Waals surface area contributed by atoms with E-state index in [1.54, 1.807) is 17.0 Å². The number of likely N-dealkylation sites (tertiary alicyclic amines) is 3. The fourth-order valence-corrected chi connectivity index (χ4v) is 5.99. The summed E-state index contributed by atoms with van der Waals surface area (Å²) in [6.45, 7) is 3.05. The minimum absolute atomic E-state index is 0.0606. The number of nitrogens with zero attached hydrogens (tertiary/aromatic N) is 4. The van der Waals surface area contributed by atoms with Crippen molar-refractivity contribution in [3.63, 3.8) is 0 Å². The molecular formula is C23H28FN5O2. The number of benzene rings is 1. The molecule has 3 heterocycles. The van der Waals surface area contributed by atoms with Gasteiger partial charge in [-0.2, -0.15) is 5.26 Å². The van der Waals surface area contributed by atoms with Crippen LogP contribution in [0.25, 0.3) is 0 Å². The topological polar surface area (TPSA) is 93.7 Å². The minimum atomic E-state index is -0.727. The van der Waals surface area contributed by atoms with Crippen LogP contribution in [0.5, 0.6) is 0 Å². The minimum Gasteiger partial charge on any atom is -0.330 e. The Balaban J connectivity index is 1.25. The summed E-state index contributed by atoms with van der Waals surface area (Å²) in [5.41, 5.74) is 7.22. The number of halogens is 1. The normalized spacial score (nSPS) is 33.4. The van der Waals surface area contributed by atoms with E-state index >= 15 is 0 Å². The lowest BCUT2D eigenvalue weighted by atomic mass is 10.0. The monoisotopic (exact) mass is 425 g/mol. The lowest BCUT2D eigenvalue weighted by molar-refractivity contribution is -0.141. The van der Waals surface area contributed by atoms with Crippen LogP contribution in [0.1, 0.15) is 44.2 Å². The highest BCUT2D eigenvalue weighted by Gasteiger charge is 2.56. The van der Waals surface area contributed by atoms with Gasteiger partial charge in [0.2, 0.25) is 11.8 Å². The van der Waals surface area contributed by atoms with Crippen LogP contribution in [-0.2, 0) is 9.59 Å². The largest absolute Gasteiger partial charge is 0.330 e. The summed E-state index contributed by atoms with van der Waals surface area (Å²) in [4.78, 5) is 31.8. The van der Waals surface area contributed by atoms with Gasteiger partial charge in [-0.05, 0) is 49.3 Å². The van der Waals surface area contributed by atoms with Gasteiger partial charge in [-0.1, -0.05) is 19.1 Å². The van der Waals surface area contributed by atoms with Gasteiger partial charge in [-0.3, -0.25) is 14.5 Å². The second-order valence-electron chi connectivity index (χ2n) is 9.38. The van der Waals surface area contributed by atoms with Crippen LogP contribution in [0.4, 0.5) is 4.39 Å². The molecule has 2 N–H and O–H groups in total. The van der Waals surface area contributed by atoms with E-state index < -0.39 is 6.04 Å². The highest BCUT2D eigenvalue weighted by molar-refractivity contribution is 5.87. The summed E-state index contributed by atoms with van der Waals surface area (Å²) in [6, 6.07) is 7.42. The van der Waals surface area contributed by atoms with E-state index in [1.807, 2.05) is 16.7 Å². The van der Waals surface area contributed by atoms with Crippen molar-refractivity contribution in [2.45, 2.75) is 68.9 Å². The number of nitriles is 1. The molecule has 1 unspecified atom stereocenters. The number of hydrogen-bond acceptors (Lipinski definition) is 5. The molecule has 7 nitrogen and oxygen atoms in total. The second-order valence-corrected chi connectivity index (χ2v) is 9.38. The van der Waals surface area contributed by atoms with Crippen LogP contribution in [-0.4, -0.2) is 69.8 Å². The van der Waals surface area contributed by atoms with E-state index in [4.69, 9.17) is 5.73 Å². The first kappa shape index (κ1) is 20.4. The molecule has 0 spiro atoms. The lowest BCUT2D eigenvalue weighted by Crippen LogP contribution is -2.57. The molecule has 0 radical (unpaired) electrons. The summed E-state index contributed by atoms with van der Waals surface area (Å²) in [5.74, 6) is 0.0646. The zero-order chi connectivity index (χ0) is 21.9. The van der Waals surface area contributed by atoms with Crippen molar-refractivity contribution in [3.8, 4) is 6.07 Å². The number of piperazine rings is 1. The molecule has 8 heteroatoms. The van der Waals surface area contributed by atoms with Crippen LogP contribution >= 0.6 is 0 Å². The smallest absolute Gasteiger partial charge is 0.242 e. The first-order chi connectivity index (χ1) is 14.9. The lowest BCUT2D eigenvalue weighted by Gasteiger charge is -2.39. The van der Waals surface area contributed by atoms with Crippen molar-refractivity contribution in [3.05, 3.63) is 35.6 Å². The third-order valence-electron chi connectivity index (χ3n) is 7.55. The molecular weight excluding hydrogens is 397 g/mol. The van der Waals surface area contributed by atoms with E-state index in [9.17, 15) is 19.2 Å². The maximum atomic E-state index is 13.3. The molecule has 5 rings (SSSR count). The Morgan fingerprint density at radius 1 is 1.29 bits per heavy atom. The van der Waals surface area contributed by atoms with Gasteiger partial charge in [0.25, 0.3) is 0 Å². The first-order valence-electron chi connectivity index (χ1n) is 11.2. The Bertz CT molecular complexity index is 931. The molecule has 4 fully saturated rings. The summed E-state index contributed by atoms with van der Waals surface area (Å²) >= 11 is 0. The zero-order valence-corrected chi connectivity index (χ0v) is 17.7. The standard InChI is InChI=1S/C23H28FN5O2/c1-2-19(13-3-5-15(24)6-4-13)29-17-9-21(23(29)31)27(11-17)12-18(26)22(30)28-16(10-25)7-14-8-20(14)28/h3-6,14,16-21H,2,7-9,11-12,26H2,1H3/t14?,16-,17-,18-,19-,20-,21-/m0/s1. The fraction of sp³-hybridized carbons (Fsp3) is 0.609. The van der Waals surface area contributed by atoms with Gasteiger partial charge in [-0.25, -0.2) is 4.39 Å². The van der Waals surface area contributed by atoms with Gasteiger partial charge in [0, 0.05) is 25.2 Å². The van der Waals surface area contributed by atoms with Crippen LogP contribution in [0.15, 0.2) is 24.3 Å². The third-order valence-corrected chi connectivity index (χ3v) is 7.55. The van der Waals surface area contributed by atoms with E-state index in [0.29, 0.717) is 19.0 Å². The maximum Gasteiger partial charge on any atom is 0.242 e. The molecule has 7 atom stereocenters. The predicted molar refractivity (Wildman–Crippen MR) is 111 cm³/mol. The van der Waals surface area contributed by atoms with E-state index in [0.717, 1.165) is 31.2 Å². The quantitative estimate of drug-likeness (QED) is 0.744. The second kappa shape index (κ2) is 7.57. The van der Waals surface area contributed by atoms with Gasteiger partial charge < -0.3 is 15.5 Å². The fourth-order valence-electron chi connectivity index (χ4n) is 5.99. The molecule has 0 aromatic heterocycles. The highest BCUT2D eigenvalue weighted by Crippen LogP contribution is 2.48. The predicted octanol–water partition coefficient (Wildman–Crippen LogP) is 1.40. The van der Waals surface area contributed by atoms with Crippen LogP contribution < -0.4 is 5.73 Å². The number of hydrogen-bond donors (Lipinski definition) is 1. The Morgan fingerprint density at radius 2 is 2.03 bits per heavy atom. The van der Waals surface area contributed by atoms with E-state index in [1.165, 1.54) is 12.1 Å². The molecule has 31 heavy (non-hydrogen) atoms. The molecule has 164 valence electrons. The van der Waals surface area contributed by atoms with Crippen LogP contribution in [0.2, 0.25) is 0 Å². The Labute approximate surface area is 181 Å². The number of piperidine rings is 1. The average molecular weight is 426 g/mol. The van der Waals surface area contributed by atoms with Crippen molar-refractivity contribution in [2.75, 3.05) is 13.1 Å². The number of rotatable bonds is 6. The van der Waals surface area contributed by atoms with Gasteiger partial charge in [0.05, 0.1) is 24.2 Å². The van der Waals surface area contributed by atoms with Crippen molar-refractivity contribution in [2.24, 2.45) is 11.7 Å². The summed E-state index contributed by atoms with van der Waals surface area (Å²) in [6.07, 6.45) is 3.21. The van der Waals surface area contributed by atoms with E-state index in [-0.39, 0.29) is 47.8 Å². The van der Waals surface area contributed by atoms with Crippen molar-refractivity contribution >= 4 is 11.8 Å². The van der Waals surface area contributed by atoms with E-state index in [2.05, 4.69) is 6.07 Å². The van der Waals surface area contributed by atoms with Crippen molar-refractivity contribution < 1.29 is 14.0 Å². The Kier molecular flexibility index (Phi) is 4.98. The molecule has 1 aromatic rings. The molecule has 3 saturated heterocycles. The zero-order valence-electron chi connectivity index (χ0n) is 17.7. The molecule has 1 aliphatic carbocycles. The maximum absolute atomic E-state index is 13.3. The number of carbonyl (C=O) groups excluding carboxylic acids is 2. The molecule has 2 bridgehead atoms. The number of carbonyl (C=O) groups is 2. The van der Waals surface area contributed by atoms with Gasteiger partial charge >= 0.3 is 0 Å². The Hall–Kier alpha value is -2.50. The molecule has 3 aliphatic heterocycles. The number of amides is 2. The molecule has 1 aromatic carbocycles. The number of nitrogens with two attached hydrogens (primary N) is 1. The van der Waals surface area contributed by atoms with Gasteiger partial charge in [0.1, 0.15) is 11.9 Å². The average Bonchev–Trinajstić information content (AvgIpc) is 3.10. The van der Waals surface area contributed by atoms with Crippen molar-refractivity contribution in [1.82, 2.24) is 14.7 Å². The molecule has 1 saturated carbocycles. The molecule has 2 amide bonds. The SMILES string of the molecule is CC[C@@H](c1ccc(F)cc1)N1C(=O)[C@@H]2C[C@H]1CN2C[C@H](N)C(=O)N1[C@H](C#N)CC2C[C@@H]21. The third kappa shape index (κ3) is 3.31. The summed E-state index contributed by atoms with van der Waals surface area (Å²) < 4.78 is 13.3. The molecule has 4 aliphatic rings. The van der Waals surface area contributed by atoms with Crippen LogP contribution in [0, 0.1) is 23.1 Å². The summed E-state index contributed by atoms with van der Waals surface area (Å²) in [5, 5.41) is 9.36. The van der Waals surface area contributed by atoms with Crippen molar-refractivity contribution in [1.29, 1.82) is 5.26 Å². The first-order valence-corrected chi connectivity index (χ1v) is 11.2. The van der Waals surface area contributed by atoms with Crippen LogP contribution in [0.3, 0.4) is 0 Å². The summed E-state index contributed by atoms with van der Waals surface area (Å²) in [7, 11) is 0. The van der Waals surface area contributed by atoms with Gasteiger partial charge in [0.15, 0.2) is 0 Å². The van der Waals surface area contributed by atoms with Gasteiger partial charge in [-0.15, -0.1) is 0 Å².